The van der Waals surface area contributed by atoms with Crippen molar-refractivity contribution in [2.75, 3.05) is 5.32 Å². The van der Waals surface area contributed by atoms with E-state index >= 15 is 0 Å². The summed E-state index contributed by atoms with van der Waals surface area (Å²) in [6, 6.07) is 7.36. The van der Waals surface area contributed by atoms with E-state index in [0.717, 1.165) is 26.8 Å². The predicted molar refractivity (Wildman–Crippen MR) is 114 cm³/mol. The van der Waals surface area contributed by atoms with Crippen LogP contribution in [0.5, 0.6) is 0 Å². The summed E-state index contributed by atoms with van der Waals surface area (Å²) >= 11 is 0. The summed E-state index contributed by atoms with van der Waals surface area (Å²) in [5.74, 6) is -0.558. The SMILES string of the molecule is CC[C@@H](C(=O)Nc1cccc(C)c1C)n1c(=O)c(C(F)(F)F)nc2cc(C)c(C)cc21. The summed E-state index contributed by atoms with van der Waals surface area (Å²) in [5.41, 5.74) is 1.25. The maximum Gasteiger partial charge on any atom is 0.438 e. The van der Waals surface area contributed by atoms with E-state index in [0.29, 0.717) is 5.69 Å². The van der Waals surface area contributed by atoms with Crippen LogP contribution >= 0.6 is 0 Å². The number of halogens is 3. The summed E-state index contributed by atoms with van der Waals surface area (Å²) in [4.78, 5) is 29.7. The Hall–Kier alpha value is -3.16. The lowest BCUT2D eigenvalue weighted by atomic mass is 10.1. The molecule has 164 valence electrons. The van der Waals surface area contributed by atoms with Gasteiger partial charge >= 0.3 is 6.18 Å². The molecule has 1 N–H and O–H groups in total. The van der Waals surface area contributed by atoms with E-state index in [1.807, 2.05) is 19.9 Å². The Morgan fingerprint density at radius 3 is 2.35 bits per heavy atom. The molecule has 0 saturated carbocycles. The number of rotatable bonds is 4. The molecule has 1 atom stereocenters. The lowest BCUT2D eigenvalue weighted by Crippen LogP contribution is -2.37. The van der Waals surface area contributed by atoms with E-state index in [1.54, 1.807) is 39.0 Å². The monoisotopic (exact) mass is 431 g/mol. The molecule has 8 heteroatoms. The molecule has 3 aromatic rings. The number of amides is 1. The van der Waals surface area contributed by atoms with Gasteiger partial charge in [-0.05, 0) is 74.6 Å². The Balaban J connectivity index is 2.23. The Morgan fingerprint density at radius 2 is 1.74 bits per heavy atom. The molecule has 0 spiro atoms. The van der Waals surface area contributed by atoms with Gasteiger partial charge in [-0.15, -0.1) is 0 Å². The Kier molecular flexibility index (Phi) is 5.93. The fraction of sp³-hybridized carbons (Fsp3) is 0.348. The highest BCUT2D eigenvalue weighted by Crippen LogP contribution is 2.29. The third kappa shape index (κ3) is 4.19. The number of anilines is 1. The van der Waals surface area contributed by atoms with E-state index in [2.05, 4.69) is 10.3 Å². The average Bonchev–Trinajstić information content (AvgIpc) is 2.68. The van der Waals surface area contributed by atoms with Crippen molar-refractivity contribution in [1.82, 2.24) is 9.55 Å². The molecule has 31 heavy (non-hydrogen) atoms. The molecular formula is C23H24F3N3O2. The number of carbonyl (C=O) groups excluding carboxylic acids is 1. The third-order valence-electron chi connectivity index (χ3n) is 5.64. The van der Waals surface area contributed by atoms with Gasteiger partial charge in [-0.25, -0.2) is 4.98 Å². The van der Waals surface area contributed by atoms with Crippen LogP contribution < -0.4 is 10.9 Å². The fourth-order valence-corrected chi connectivity index (χ4v) is 3.54. The van der Waals surface area contributed by atoms with Crippen LogP contribution in [0.3, 0.4) is 0 Å². The zero-order valence-corrected chi connectivity index (χ0v) is 18.0. The minimum atomic E-state index is -4.94. The molecule has 0 unspecified atom stereocenters. The topological polar surface area (TPSA) is 64.0 Å². The van der Waals surface area contributed by atoms with Crippen molar-refractivity contribution in [1.29, 1.82) is 0 Å². The van der Waals surface area contributed by atoms with Crippen LogP contribution in [0.2, 0.25) is 0 Å². The van der Waals surface area contributed by atoms with Crippen LogP contribution in [0.15, 0.2) is 35.1 Å². The van der Waals surface area contributed by atoms with Gasteiger partial charge in [-0.1, -0.05) is 19.1 Å². The Morgan fingerprint density at radius 1 is 1.10 bits per heavy atom. The highest BCUT2D eigenvalue weighted by molar-refractivity contribution is 5.95. The van der Waals surface area contributed by atoms with Gasteiger partial charge in [0.25, 0.3) is 5.56 Å². The number of aromatic nitrogens is 2. The van der Waals surface area contributed by atoms with Gasteiger partial charge in [-0.3, -0.25) is 14.2 Å². The predicted octanol–water partition coefficient (Wildman–Crippen LogP) is 5.24. The number of hydrogen-bond acceptors (Lipinski definition) is 3. The number of carbonyl (C=O) groups is 1. The van der Waals surface area contributed by atoms with Gasteiger partial charge in [0, 0.05) is 5.69 Å². The molecule has 0 aliphatic rings. The summed E-state index contributed by atoms with van der Waals surface area (Å²) in [5, 5.41) is 2.78. The molecule has 0 aliphatic heterocycles. The zero-order chi connectivity index (χ0) is 23.1. The van der Waals surface area contributed by atoms with E-state index in [9.17, 15) is 22.8 Å². The second kappa shape index (κ2) is 8.17. The van der Waals surface area contributed by atoms with Crippen LogP contribution in [-0.2, 0) is 11.0 Å². The fourth-order valence-electron chi connectivity index (χ4n) is 3.54. The minimum Gasteiger partial charge on any atom is -0.324 e. The van der Waals surface area contributed by atoms with E-state index < -0.39 is 29.4 Å². The van der Waals surface area contributed by atoms with Crippen LogP contribution in [0.1, 0.15) is 47.3 Å². The first-order valence-electron chi connectivity index (χ1n) is 9.93. The van der Waals surface area contributed by atoms with Gasteiger partial charge in [0.1, 0.15) is 6.04 Å². The molecule has 5 nitrogen and oxygen atoms in total. The Bertz CT molecular complexity index is 1230. The van der Waals surface area contributed by atoms with E-state index in [4.69, 9.17) is 0 Å². The van der Waals surface area contributed by atoms with Crippen molar-refractivity contribution in [3.63, 3.8) is 0 Å². The molecule has 0 radical (unpaired) electrons. The first-order chi connectivity index (χ1) is 14.5. The zero-order valence-electron chi connectivity index (χ0n) is 18.0. The molecule has 0 bridgehead atoms. The average molecular weight is 431 g/mol. The highest BCUT2D eigenvalue weighted by Gasteiger charge is 2.38. The molecule has 2 aromatic carbocycles. The molecule has 3 rings (SSSR count). The quantitative estimate of drug-likeness (QED) is 0.615. The summed E-state index contributed by atoms with van der Waals surface area (Å²) in [6.45, 7) is 8.93. The number of benzene rings is 2. The highest BCUT2D eigenvalue weighted by atomic mass is 19.4. The first-order valence-corrected chi connectivity index (χ1v) is 9.93. The van der Waals surface area contributed by atoms with Crippen LogP contribution in [0.25, 0.3) is 11.0 Å². The maximum absolute atomic E-state index is 13.6. The maximum atomic E-state index is 13.6. The lowest BCUT2D eigenvalue weighted by Gasteiger charge is -2.22. The van der Waals surface area contributed by atoms with Crippen molar-refractivity contribution in [3.8, 4) is 0 Å². The van der Waals surface area contributed by atoms with Crippen molar-refractivity contribution in [2.45, 2.75) is 53.3 Å². The normalized spacial score (nSPS) is 12.8. The van der Waals surface area contributed by atoms with Crippen LogP contribution in [0.4, 0.5) is 18.9 Å². The van der Waals surface area contributed by atoms with Crippen molar-refractivity contribution in [3.05, 3.63) is 68.6 Å². The lowest BCUT2D eigenvalue weighted by molar-refractivity contribution is -0.142. The molecule has 1 aromatic heterocycles. The van der Waals surface area contributed by atoms with Gasteiger partial charge < -0.3 is 5.32 Å². The van der Waals surface area contributed by atoms with Crippen molar-refractivity contribution < 1.29 is 18.0 Å². The van der Waals surface area contributed by atoms with Crippen LogP contribution in [-0.4, -0.2) is 15.5 Å². The summed E-state index contributed by atoms with van der Waals surface area (Å²) in [7, 11) is 0. The smallest absolute Gasteiger partial charge is 0.324 e. The Labute approximate surface area is 177 Å². The minimum absolute atomic E-state index is 0.0213. The van der Waals surface area contributed by atoms with Gasteiger partial charge in [0.2, 0.25) is 11.6 Å². The second-order valence-corrected chi connectivity index (χ2v) is 7.72. The van der Waals surface area contributed by atoms with Crippen molar-refractivity contribution >= 4 is 22.6 Å². The standard InChI is InChI=1S/C23H24F3N3O2/c1-6-18(21(30)28-16-9-7-8-12(2)15(16)5)29-19-11-14(4)13(3)10-17(19)27-20(22(29)31)23(24,25)26/h7-11,18H,6H2,1-5H3,(H,28,30)/t18-/m0/s1. The van der Waals surface area contributed by atoms with E-state index in [-0.39, 0.29) is 17.5 Å². The third-order valence-corrected chi connectivity index (χ3v) is 5.64. The molecule has 0 fully saturated rings. The van der Waals surface area contributed by atoms with Gasteiger partial charge in [-0.2, -0.15) is 13.2 Å². The van der Waals surface area contributed by atoms with Gasteiger partial charge in [0.15, 0.2) is 0 Å². The number of aryl methyl sites for hydroxylation is 3. The number of fused-ring (bicyclic) bond motifs is 1. The summed E-state index contributed by atoms with van der Waals surface area (Å²) in [6.07, 6.45) is -4.81. The molecule has 0 saturated heterocycles. The molecule has 1 amide bonds. The molecule has 0 aliphatic carbocycles. The van der Waals surface area contributed by atoms with Gasteiger partial charge in [0.05, 0.1) is 11.0 Å². The molecule has 1 heterocycles. The van der Waals surface area contributed by atoms with Crippen LogP contribution in [0, 0.1) is 27.7 Å². The van der Waals surface area contributed by atoms with E-state index in [1.165, 1.54) is 6.07 Å². The number of alkyl halides is 3. The first kappa shape index (κ1) is 22.5. The second-order valence-electron chi connectivity index (χ2n) is 7.72. The summed E-state index contributed by atoms with van der Waals surface area (Å²) < 4.78 is 41.6. The van der Waals surface area contributed by atoms with Crippen molar-refractivity contribution in [2.24, 2.45) is 0 Å². The number of hydrogen-bond donors (Lipinski definition) is 1. The molecular weight excluding hydrogens is 407 g/mol. The number of nitrogens with zero attached hydrogens (tertiary/aromatic N) is 2. The number of nitrogens with one attached hydrogen (secondary N) is 1. The largest absolute Gasteiger partial charge is 0.438 e.